The van der Waals surface area contributed by atoms with Gasteiger partial charge in [0.25, 0.3) is 5.91 Å². The van der Waals surface area contributed by atoms with Crippen molar-refractivity contribution < 1.29 is 18.0 Å². The molecular formula is C21H17F3N2O. The first-order valence-electron chi connectivity index (χ1n) is 8.27. The predicted molar refractivity (Wildman–Crippen MR) is 96.3 cm³/mol. The van der Waals surface area contributed by atoms with E-state index in [-0.39, 0.29) is 5.56 Å². The molecule has 3 aromatic rings. The van der Waals surface area contributed by atoms with Gasteiger partial charge in [-0.05, 0) is 59.7 Å². The topological polar surface area (TPSA) is 55.1 Å². The molecule has 0 unspecified atom stereocenters. The lowest BCUT2D eigenvalue weighted by atomic mass is 9.93. The van der Waals surface area contributed by atoms with Crippen LogP contribution in [0.25, 0.3) is 0 Å². The van der Waals surface area contributed by atoms with Crippen molar-refractivity contribution in [1.29, 1.82) is 0 Å². The number of carbonyl (C=O) groups is 1. The molecule has 0 fully saturated rings. The highest BCUT2D eigenvalue weighted by molar-refractivity contribution is 5.94. The maximum atomic E-state index is 13.3. The van der Waals surface area contributed by atoms with Gasteiger partial charge in [0.15, 0.2) is 0 Å². The van der Waals surface area contributed by atoms with Gasteiger partial charge in [-0.1, -0.05) is 24.3 Å². The van der Waals surface area contributed by atoms with Crippen molar-refractivity contribution in [2.75, 3.05) is 0 Å². The minimum Gasteiger partial charge on any atom is -0.343 e. The third-order valence-electron chi connectivity index (χ3n) is 4.24. The van der Waals surface area contributed by atoms with Gasteiger partial charge in [0.1, 0.15) is 17.5 Å². The van der Waals surface area contributed by atoms with Crippen molar-refractivity contribution in [2.24, 2.45) is 5.73 Å². The van der Waals surface area contributed by atoms with Gasteiger partial charge in [-0.25, -0.2) is 13.2 Å². The van der Waals surface area contributed by atoms with Crippen LogP contribution in [0.3, 0.4) is 0 Å². The fourth-order valence-electron chi connectivity index (χ4n) is 2.75. The van der Waals surface area contributed by atoms with Crippen molar-refractivity contribution in [1.82, 2.24) is 5.32 Å². The van der Waals surface area contributed by atoms with E-state index in [2.05, 4.69) is 5.32 Å². The molecule has 0 aliphatic rings. The van der Waals surface area contributed by atoms with Crippen LogP contribution in [0.1, 0.15) is 33.6 Å². The summed E-state index contributed by atoms with van der Waals surface area (Å²) in [6, 6.07) is 14.9. The average molecular weight is 370 g/mol. The van der Waals surface area contributed by atoms with Crippen LogP contribution in [-0.4, -0.2) is 5.91 Å². The number of benzene rings is 3. The van der Waals surface area contributed by atoms with Crippen LogP contribution in [0, 0.1) is 17.5 Å². The quantitative estimate of drug-likeness (QED) is 0.705. The second kappa shape index (κ2) is 8.05. The Labute approximate surface area is 154 Å². The second-order valence-corrected chi connectivity index (χ2v) is 6.09. The first kappa shape index (κ1) is 18.7. The lowest BCUT2D eigenvalue weighted by Crippen LogP contribution is -2.36. The minimum absolute atomic E-state index is 0.259. The van der Waals surface area contributed by atoms with Crippen LogP contribution in [0.5, 0.6) is 0 Å². The van der Waals surface area contributed by atoms with E-state index in [1.54, 1.807) is 0 Å². The summed E-state index contributed by atoms with van der Waals surface area (Å²) >= 11 is 0. The Balaban J connectivity index is 1.91. The Morgan fingerprint density at radius 3 is 1.59 bits per heavy atom. The maximum absolute atomic E-state index is 13.3. The summed E-state index contributed by atoms with van der Waals surface area (Å²) in [5, 5.41) is 2.80. The van der Waals surface area contributed by atoms with Crippen LogP contribution in [-0.2, 0) is 0 Å². The molecule has 138 valence electrons. The Kier molecular flexibility index (Phi) is 5.57. The summed E-state index contributed by atoms with van der Waals surface area (Å²) in [7, 11) is 0. The Bertz CT molecular complexity index is 910. The average Bonchev–Trinajstić information content (AvgIpc) is 2.67. The fourth-order valence-corrected chi connectivity index (χ4v) is 2.75. The van der Waals surface area contributed by atoms with E-state index in [4.69, 9.17) is 5.73 Å². The highest BCUT2D eigenvalue weighted by atomic mass is 19.1. The smallest absolute Gasteiger partial charge is 0.251 e. The van der Waals surface area contributed by atoms with Crippen molar-refractivity contribution in [2.45, 2.75) is 12.1 Å². The lowest BCUT2D eigenvalue weighted by Gasteiger charge is -2.26. The number of carbonyl (C=O) groups excluding carboxylic acids is 1. The molecule has 3 rings (SSSR count). The summed E-state index contributed by atoms with van der Waals surface area (Å²) in [5.74, 6) is -1.73. The molecule has 0 saturated heterocycles. The summed E-state index contributed by atoms with van der Waals surface area (Å²) in [6.45, 7) is 0. The number of hydrogen-bond acceptors (Lipinski definition) is 2. The van der Waals surface area contributed by atoms with E-state index in [1.807, 2.05) is 0 Å². The van der Waals surface area contributed by atoms with Crippen LogP contribution < -0.4 is 11.1 Å². The first-order valence-corrected chi connectivity index (χ1v) is 8.27. The van der Waals surface area contributed by atoms with Crippen LogP contribution in [0.4, 0.5) is 13.2 Å². The molecule has 0 saturated carbocycles. The number of nitrogens with two attached hydrogens (primary N) is 1. The molecule has 3 nitrogen and oxygen atoms in total. The maximum Gasteiger partial charge on any atom is 0.251 e. The zero-order chi connectivity index (χ0) is 19.4. The molecular weight excluding hydrogens is 353 g/mol. The third kappa shape index (κ3) is 4.54. The van der Waals surface area contributed by atoms with Gasteiger partial charge < -0.3 is 11.1 Å². The number of rotatable bonds is 5. The largest absolute Gasteiger partial charge is 0.343 e. The standard InChI is InChI=1S/C21H17F3N2O/c22-16-7-1-13(2-8-16)19(25)20(14-3-9-17(23)10-4-14)26-21(27)15-5-11-18(24)12-6-15/h1-12,19-20H,25H2,(H,26,27)/t19-,20+/m1/s1. The van der Waals surface area contributed by atoms with E-state index in [1.165, 1.54) is 72.8 Å². The van der Waals surface area contributed by atoms with Gasteiger partial charge in [-0.3, -0.25) is 4.79 Å². The van der Waals surface area contributed by atoms with E-state index in [0.717, 1.165) is 0 Å². The molecule has 2 atom stereocenters. The summed E-state index contributed by atoms with van der Waals surface area (Å²) in [4.78, 5) is 12.6. The number of amides is 1. The Hall–Kier alpha value is -3.12. The molecule has 0 aromatic heterocycles. The molecule has 6 heteroatoms. The van der Waals surface area contributed by atoms with Crippen LogP contribution >= 0.6 is 0 Å². The van der Waals surface area contributed by atoms with Crippen LogP contribution in [0.2, 0.25) is 0 Å². The highest BCUT2D eigenvalue weighted by Gasteiger charge is 2.24. The molecule has 0 aliphatic heterocycles. The van der Waals surface area contributed by atoms with Crippen LogP contribution in [0.15, 0.2) is 72.8 Å². The Morgan fingerprint density at radius 1 is 0.704 bits per heavy atom. The third-order valence-corrected chi connectivity index (χ3v) is 4.24. The summed E-state index contributed by atoms with van der Waals surface area (Å²) in [6.07, 6.45) is 0. The normalized spacial score (nSPS) is 13.0. The van der Waals surface area contributed by atoms with Gasteiger partial charge >= 0.3 is 0 Å². The number of nitrogens with one attached hydrogen (secondary N) is 1. The van der Waals surface area contributed by atoms with Crippen molar-refractivity contribution in [3.8, 4) is 0 Å². The molecule has 0 bridgehead atoms. The zero-order valence-electron chi connectivity index (χ0n) is 14.2. The van der Waals surface area contributed by atoms with Crippen molar-refractivity contribution in [3.63, 3.8) is 0 Å². The number of halogens is 3. The fraction of sp³-hybridized carbons (Fsp3) is 0.0952. The highest BCUT2D eigenvalue weighted by Crippen LogP contribution is 2.28. The van der Waals surface area contributed by atoms with Gasteiger partial charge in [0.05, 0.1) is 12.1 Å². The molecule has 3 aromatic carbocycles. The zero-order valence-corrected chi connectivity index (χ0v) is 14.2. The SMILES string of the molecule is N[C@H](c1ccc(F)cc1)[C@@H](NC(=O)c1ccc(F)cc1)c1ccc(F)cc1. The summed E-state index contributed by atoms with van der Waals surface area (Å²) in [5.41, 5.74) is 7.77. The first-order chi connectivity index (χ1) is 12.9. The molecule has 0 aliphatic carbocycles. The molecule has 27 heavy (non-hydrogen) atoms. The van der Waals surface area contributed by atoms with E-state index in [0.29, 0.717) is 11.1 Å². The Morgan fingerprint density at radius 2 is 1.11 bits per heavy atom. The van der Waals surface area contributed by atoms with E-state index in [9.17, 15) is 18.0 Å². The van der Waals surface area contributed by atoms with Gasteiger partial charge in [-0.15, -0.1) is 0 Å². The summed E-state index contributed by atoms with van der Waals surface area (Å²) < 4.78 is 39.6. The number of hydrogen-bond donors (Lipinski definition) is 2. The predicted octanol–water partition coefficient (Wildman–Crippen LogP) is 4.28. The molecule has 0 spiro atoms. The molecule has 1 amide bonds. The lowest BCUT2D eigenvalue weighted by molar-refractivity contribution is 0.0930. The monoisotopic (exact) mass is 370 g/mol. The van der Waals surface area contributed by atoms with Gasteiger partial charge in [0.2, 0.25) is 0 Å². The molecule has 0 heterocycles. The van der Waals surface area contributed by atoms with Crippen molar-refractivity contribution >= 4 is 5.91 Å². The van der Waals surface area contributed by atoms with Gasteiger partial charge in [0, 0.05) is 5.56 Å². The second-order valence-electron chi connectivity index (χ2n) is 6.09. The molecule has 3 N–H and O–H groups in total. The van der Waals surface area contributed by atoms with Crippen molar-refractivity contribution in [3.05, 3.63) is 107 Å². The van der Waals surface area contributed by atoms with Gasteiger partial charge in [-0.2, -0.15) is 0 Å². The van der Waals surface area contributed by atoms with E-state index < -0.39 is 35.4 Å². The minimum atomic E-state index is -0.708. The van der Waals surface area contributed by atoms with E-state index >= 15 is 0 Å². The molecule has 0 radical (unpaired) electrons.